The largest absolute Gasteiger partial charge is 0.419 e. The van der Waals surface area contributed by atoms with Crippen molar-refractivity contribution < 1.29 is 40.7 Å². The van der Waals surface area contributed by atoms with Crippen molar-refractivity contribution in [1.29, 1.82) is 0 Å². The summed E-state index contributed by atoms with van der Waals surface area (Å²) in [5.74, 6) is -0.276. The zero-order chi connectivity index (χ0) is 40.0. The van der Waals surface area contributed by atoms with Crippen LogP contribution in [0.4, 0.5) is 34.1 Å². The molecule has 0 aliphatic carbocycles. The van der Waals surface area contributed by atoms with Gasteiger partial charge in [-0.2, -0.15) is 22.6 Å². The third kappa shape index (κ3) is 8.64. The number of carbonyl (C=O) groups excluding carboxylic acids is 2. The van der Waals surface area contributed by atoms with E-state index in [1.54, 1.807) is 11.6 Å². The van der Waals surface area contributed by atoms with Crippen LogP contribution in [-0.4, -0.2) is 105 Å². The fourth-order valence-corrected chi connectivity index (χ4v) is 9.42. The molecule has 3 saturated heterocycles. The molecule has 19 heteroatoms. The second-order valence-electron chi connectivity index (χ2n) is 15.1. The average Bonchev–Trinajstić information content (AvgIpc) is 3.46. The third-order valence-corrected chi connectivity index (χ3v) is 12.6. The number of nitrogens with zero attached hydrogens (tertiary/aromatic N) is 7. The molecule has 5 heterocycles. The number of halogens is 4. The summed E-state index contributed by atoms with van der Waals surface area (Å²) < 4.78 is 83.6. The molecule has 7 rings (SSSR count). The Morgan fingerprint density at radius 2 is 1.66 bits per heavy atom. The summed E-state index contributed by atoms with van der Waals surface area (Å²) in [6, 6.07) is 8.93. The van der Waals surface area contributed by atoms with Gasteiger partial charge in [-0.15, -0.1) is 0 Å². The zero-order valence-corrected chi connectivity index (χ0v) is 31.7. The fraction of sp³-hybridized carbons (Fsp3) is 0.486. The van der Waals surface area contributed by atoms with E-state index in [9.17, 15) is 40.7 Å². The van der Waals surface area contributed by atoms with Crippen molar-refractivity contribution in [2.75, 3.05) is 49.5 Å². The summed E-state index contributed by atoms with van der Waals surface area (Å²) >= 11 is 0. The number of benzene rings is 2. The summed E-state index contributed by atoms with van der Waals surface area (Å²) in [5, 5.41) is 22.2. The van der Waals surface area contributed by atoms with Crippen LogP contribution in [0.3, 0.4) is 0 Å². The van der Waals surface area contributed by atoms with E-state index in [1.165, 1.54) is 21.3 Å². The van der Waals surface area contributed by atoms with E-state index in [-0.39, 0.29) is 61.2 Å². The molecule has 4 aromatic rings. The number of fused-ring (bicyclic) bond motifs is 1. The maximum atomic E-state index is 14.9. The molecular formula is C37H43F4N9O5S. The van der Waals surface area contributed by atoms with Gasteiger partial charge in [0, 0.05) is 69.9 Å². The first-order chi connectivity index (χ1) is 26.4. The van der Waals surface area contributed by atoms with Crippen molar-refractivity contribution in [3.63, 3.8) is 0 Å². The number of sulfonamides is 1. The topological polar surface area (TPSA) is 166 Å². The number of hydrogen-bond acceptors (Lipinski definition) is 10. The Kier molecular flexibility index (Phi) is 10.8. The molecule has 0 radical (unpaired) electrons. The lowest BCUT2D eigenvalue weighted by Gasteiger charge is -2.37. The molecule has 2 aromatic heterocycles. The van der Waals surface area contributed by atoms with Crippen LogP contribution < -0.4 is 15.5 Å². The van der Waals surface area contributed by atoms with Crippen LogP contribution in [0.5, 0.6) is 0 Å². The number of piperidine rings is 2. The van der Waals surface area contributed by atoms with Crippen molar-refractivity contribution in [1.82, 2.24) is 34.3 Å². The van der Waals surface area contributed by atoms with Gasteiger partial charge in [0.2, 0.25) is 21.9 Å². The van der Waals surface area contributed by atoms with E-state index in [4.69, 9.17) is 0 Å². The predicted molar refractivity (Wildman–Crippen MR) is 198 cm³/mol. The van der Waals surface area contributed by atoms with Gasteiger partial charge in [0.15, 0.2) is 5.82 Å². The molecule has 14 nitrogen and oxygen atoms in total. The van der Waals surface area contributed by atoms with Gasteiger partial charge in [0.05, 0.1) is 21.6 Å². The molecule has 56 heavy (non-hydrogen) atoms. The Labute approximate surface area is 320 Å². The van der Waals surface area contributed by atoms with Crippen molar-refractivity contribution >= 4 is 44.6 Å². The molecule has 1 unspecified atom stereocenters. The number of carbonyl (C=O) groups is 2. The number of alkyl halides is 3. The second kappa shape index (κ2) is 15.3. The summed E-state index contributed by atoms with van der Waals surface area (Å²) in [6.45, 7) is 3.81. The van der Waals surface area contributed by atoms with Crippen LogP contribution in [0.2, 0.25) is 0 Å². The Morgan fingerprint density at radius 1 is 0.964 bits per heavy atom. The summed E-state index contributed by atoms with van der Waals surface area (Å²) in [6.07, 6.45) is -0.640. The van der Waals surface area contributed by atoms with Crippen LogP contribution in [0, 0.1) is 5.82 Å². The van der Waals surface area contributed by atoms with E-state index in [0.29, 0.717) is 56.3 Å². The second-order valence-corrected chi connectivity index (χ2v) is 17.1. The van der Waals surface area contributed by atoms with Crippen molar-refractivity contribution in [2.24, 2.45) is 7.05 Å². The monoisotopic (exact) mass is 801 g/mol. The number of aromatic nitrogens is 4. The minimum absolute atomic E-state index is 0.00948. The Morgan fingerprint density at radius 3 is 2.32 bits per heavy atom. The highest BCUT2D eigenvalue weighted by atomic mass is 32.2. The smallest absolute Gasteiger partial charge is 0.388 e. The average molecular weight is 802 g/mol. The molecule has 300 valence electrons. The normalized spacial score (nSPS) is 19.7. The molecule has 0 bridgehead atoms. The molecule has 3 N–H and O–H groups in total. The van der Waals surface area contributed by atoms with Crippen molar-refractivity contribution in [3.05, 3.63) is 71.3 Å². The van der Waals surface area contributed by atoms with Crippen molar-refractivity contribution in [2.45, 2.75) is 74.1 Å². The maximum absolute atomic E-state index is 14.9. The number of β-amino-alcohol motifs (C(OH)–C–C–N with tert-alkyl or cyclic N) is 1. The molecule has 3 aliphatic rings. The summed E-state index contributed by atoms with van der Waals surface area (Å²) in [4.78, 5) is 35.0. The molecule has 0 spiro atoms. The van der Waals surface area contributed by atoms with Gasteiger partial charge in [-0.25, -0.2) is 27.6 Å². The Bertz CT molecular complexity index is 2220. The van der Waals surface area contributed by atoms with E-state index < -0.39 is 39.2 Å². The number of likely N-dealkylation sites (tertiary alicyclic amines) is 1. The van der Waals surface area contributed by atoms with Gasteiger partial charge < -0.3 is 15.3 Å². The van der Waals surface area contributed by atoms with Crippen LogP contribution in [0.1, 0.15) is 61.6 Å². The third-order valence-electron chi connectivity index (χ3n) is 10.7. The Balaban J connectivity index is 0.931. The lowest BCUT2D eigenvalue weighted by Crippen LogP contribution is -2.49. The van der Waals surface area contributed by atoms with Gasteiger partial charge in [0.25, 0.3) is 0 Å². The fourth-order valence-electron chi connectivity index (χ4n) is 7.87. The van der Waals surface area contributed by atoms with Crippen LogP contribution in [-0.2, 0) is 34.5 Å². The number of amides is 3. The number of aryl methyl sites for hydroxylation is 1. The van der Waals surface area contributed by atoms with E-state index in [0.717, 1.165) is 35.4 Å². The first-order valence-corrected chi connectivity index (χ1v) is 19.9. The standard InChI is InChI=1S/C37H43F4N9O5S/c1-36(53,22-48-10-5-24(6-11-48)25-3-4-30-31(17-25)47(2)46-33(30)50-14-9-32(51)45-35(50)52)19-23-15-27(38)18-29(16-23)56(54,55)49-12-7-28(8-13-49)44-34-42-20-26(21-43-34)37(39,40)41/h3-4,15-18,20-21,24,28,53H,5-14,19,22H2,1-2H3,(H,42,43,44)(H,45,51,52). The number of imide groups is 1. The first kappa shape index (κ1) is 39.5. The molecule has 3 fully saturated rings. The maximum Gasteiger partial charge on any atom is 0.419 e. The number of nitrogens with one attached hydrogen (secondary N) is 2. The first-order valence-electron chi connectivity index (χ1n) is 18.4. The van der Waals surface area contributed by atoms with E-state index in [2.05, 4.69) is 36.7 Å². The minimum atomic E-state index is -4.56. The molecule has 2 aromatic carbocycles. The molecule has 1 atom stereocenters. The summed E-state index contributed by atoms with van der Waals surface area (Å²) in [5.41, 5.74) is 0.0935. The van der Waals surface area contributed by atoms with Gasteiger partial charge >= 0.3 is 12.2 Å². The van der Waals surface area contributed by atoms with Gasteiger partial charge in [0.1, 0.15) is 5.82 Å². The highest BCUT2D eigenvalue weighted by Gasteiger charge is 2.34. The number of anilines is 2. The quantitative estimate of drug-likeness (QED) is 0.196. The van der Waals surface area contributed by atoms with Gasteiger partial charge in [-0.3, -0.25) is 19.7 Å². The Hall–Kier alpha value is -4.72. The van der Waals surface area contributed by atoms with Crippen LogP contribution in [0.25, 0.3) is 10.9 Å². The minimum Gasteiger partial charge on any atom is -0.388 e. The highest BCUT2D eigenvalue weighted by Crippen LogP contribution is 2.35. The van der Waals surface area contributed by atoms with Crippen molar-refractivity contribution in [3.8, 4) is 0 Å². The summed E-state index contributed by atoms with van der Waals surface area (Å²) in [7, 11) is -2.27. The predicted octanol–water partition coefficient (Wildman–Crippen LogP) is 4.41. The molecule has 0 saturated carbocycles. The van der Waals surface area contributed by atoms with Crippen LogP contribution in [0.15, 0.2) is 53.7 Å². The molecule has 3 aliphatic heterocycles. The number of hydrogen-bond donors (Lipinski definition) is 3. The van der Waals surface area contributed by atoms with Gasteiger partial charge in [-0.05, 0) is 93.1 Å². The zero-order valence-electron chi connectivity index (χ0n) is 30.9. The van der Waals surface area contributed by atoms with E-state index >= 15 is 0 Å². The van der Waals surface area contributed by atoms with Gasteiger partial charge in [-0.1, -0.05) is 6.07 Å². The SMILES string of the molecule is Cn1nc(N2CCC(=O)NC2=O)c2ccc(C3CCN(CC(C)(O)Cc4cc(F)cc(S(=O)(=O)N5CCC(Nc6ncc(C(F)(F)F)cn6)CC5)c4)CC3)cc21. The molecule has 3 amide bonds. The molecular weight excluding hydrogens is 759 g/mol. The number of aliphatic hydroxyl groups is 1. The number of urea groups is 1. The van der Waals surface area contributed by atoms with Crippen LogP contribution >= 0.6 is 0 Å². The number of rotatable bonds is 10. The lowest BCUT2D eigenvalue weighted by molar-refractivity contribution is -0.138. The van der Waals surface area contributed by atoms with E-state index in [1.807, 2.05) is 19.2 Å². The highest BCUT2D eigenvalue weighted by molar-refractivity contribution is 7.89. The lowest BCUT2D eigenvalue weighted by atomic mass is 9.88.